The van der Waals surface area contributed by atoms with E-state index in [0.29, 0.717) is 0 Å². The van der Waals surface area contributed by atoms with Crippen LogP contribution >= 0.6 is 27.6 Å². The number of halogens is 3. The second kappa shape index (κ2) is 7.86. The van der Waals surface area contributed by atoms with Crippen molar-refractivity contribution in [2.45, 2.75) is 0 Å². The molecule has 1 heterocycles. The third kappa shape index (κ3) is 11.5. The van der Waals surface area contributed by atoms with Crippen molar-refractivity contribution in [1.82, 2.24) is 4.98 Å². The first-order chi connectivity index (χ1) is 4.73. The molecule has 0 atom stereocenters. The molecule has 1 aromatic heterocycles. The molecule has 0 amide bonds. The van der Waals surface area contributed by atoms with Gasteiger partial charge in [0.05, 0.1) is 0 Å². The van der Waals surface area contributed by atoms with Crippen LogP contribution in [0.5, 0.6) is 0 Å². The van der Waals surface area contributed by atoms with Crippen LogP contribution in [0.25, 0.3) is 0 Å². The van der Waals surface area contributed by atoms with E-state index in [2.05, 4.69) is 11.2 Å². The first-order valence-electron chi connectivity index (χ1n) is 2.11. The van der Waals surface area contributed by atoms with E-state index in [0.717, 1.165) is 0 Å². The second-order valence-electron chi connectivity index (χ2n) is 1.09. The Bertz CT molecular complexity index is 117. The molecule has 0 spiro atoms. The normalized spacial score (nSPS) is 9.30. The Hall–Kier alpha value is 0.760. The minimum Gasteiger partial charge on any atom is -0.394 e. The van der Waals surface area contributed by atoms with Crippen molar-refractivity contribution in [2.75, 3.05) is 0 Å². The second-order valence-corrected chi connectivity index (χ2v) is 10.5. The van der Waals surface area contributed by atoms with Gasteiger partial charge in [0.1, 0.15) is 0 Å². The topological polar surface area (TPSA) is 12.9 Å². The average Bonchev–Trinajstić information content (AvgIpc) is 1.90. The van der Waals surface area contributed by atoms with Crippen molar-refractivity contribution in [3.05, 3.63) is 30.6 Å². The van der Waals surface area contributed by atoms with Gasteiger partial charge in [-0.05, 0) is 0 Å². The van der Waals surface area contributed by atoms with Crippen LogP contribution in [-0.2, 0) is 15.2 Å². The summed E-state index contributed by atoms with van der Waals surface area (Å²) in [5.41, 5.74) is 0. The molecule has 0 aliphatic carbocycles. The summed E-state index contributed by atoms with van der Waals surface area (Å²) in [7, 11) is 14.9. The summed E-state index contributed by atoms with van der Waals surface area (Å²) < 4.78 is 0. The van der Waals surface area contributed by atoms with Crippen molar-refractivity contribution in [3.63, 3.8) is 0 Å². The van der Waals surface area contributed by atoms with Gasteiger partial charge in [-0.1, -0.05) is 12.4 Å². The van der Waals surface area contributed by atoms with E-state index >= 15 is 0 Å². The number of hydrogen-bond donors (Lipinski definition) is 0. The minimum atomic E-state index is -1.79. The van der Waals surface area contributed by atoms with Gasteiger partial charge in [-0.3, -0.25) is 0 Å². The van der Waals surface area contributed by atoms with Crippen LogP contribution in [0.2, 0.25) is 0 Å². The van der Waals surface area contributed by atoms with Crippen molar-refractivity contribution in [1.29, 1.82) is 0 Å². The molecule has 1 aromatic rings. The Morgan fingerprint density at radius 3 is 1.90 bits per heavy atom. The van der Waals surface area contributed by atoms with E-state index in [1.807, 2.05) is 12.1 Å². The van der Waals surface area contributed by atoms with Crippen molar-refractivity contribution in [2.24, 2.45) is 0 Å². The van der Waals surface area contributed by atoms with Gasteiger partial charge in [0.2, 0.25) is 0 Å². The van der Waals surface area contributed by atoms with E-state index in [1.54, 1.807) is 12.3 Å². The third-order valence-electron chi connectivity index (χ3n) is 0.517. The molecule has 1 rings (SSSR count). The third-order valence-corrected chi connectivity index (χ3v) is 0.517. The van der Waals surface area contributed by atoms with E-state index in [-0.39, 0.29) is 0 Å². The molecule has 1 nitrogen and oxygen atoms in total. The van der Waals surface area contributed by atoms with Gasteiger partial charge in [0.25, 0.3) is 0 Å². The molecule has 0 radical (unpaired) electrons. The first-order valence-corrected chi connectivity index (χ1v) is 10.2. The van der Waals surface area contributed by atoms with E-state index in [1.165, 1.54) is 0 Å². The molecule has 10 heavy (non-hydrogen) atoms. The molecule has 0 saturated heterocycles. The van der Waals surface area contributed by atoms with Crippen molar-refractivity contribution >= 4 is 27.6 Å². The average molecular weight is 381 g/mol. The van der Waals surface area contributed by atoms with Crippen LogP contribution in [0.1, 0.15) is 0 Å². The zero-order chi connectivity index (χ0) is 7.82. The predicted molar refractivity (Wildman–Crippen MR) is 40.6 cm³/mol. The number of nitrogens with zero attached hydrogens (tertiary/aromatic N) is 1. The molecular formula is C5H4AuCl3N-. The zero-order valence-electron chi connectivity index (χ0n) is 4.69. The van der Waals surface area contributed by atoms with Crippen LogP contribution in [0, 0.1) is 6.20 Å². The molecule has 0 fully saturated rings. The molecule has 0 saturated carbocycles. The fraction of sp³-hybridized carbons (Fsp3) is 0. The van der Waals surface area contributed by atoms with Gasteiger partial charge in [-0.15, -0.1) is 0 Å². The number of aromatic nitrogens is 1. The molecule has 0 bridgehead atoms. The van der Waals surface area contributed by atoms with E-state index < -0.39 is 15.2 Å². The Labute approximate surface area is 77.9 Å². The van der Waals surface area contributed by atoms with Crippen molar-refractivity contribution in [3.8, 4) is 0 Å². The number of hydrogen-bond acceptors (Lipinski definition) is 1. The Morgan fingerprint density at radius 1 is 1.20 bits per heavy atom. The summed E-state index contributed by atoms with van der Waals surface area (Å²) in [6, 6.07) is 5.50. The summed E-state index contributed by atoms with van der Waals surface area (Å²) in [5.74, 6) is 0. The van der Waals surface area contributed by atoms with Gasteiger partial charge in [-0.25, -0.2) is 0 Å². The largest absolute Gasteiger partial charge is 0.394 e. The van der Waals surface area contributed by atoms with Gasteiger partial charge in [0, 0.05) is 0 Å². The fourth-order valence-electron chi connectivity index (χ4n) is 0.277. The van der Waals surface area contributed by atoms with Crippen LogP contribution in [0.4, 0.5) is 0 Å². The van der Waals surface area contributed by atoms with Gasteiger partial charge < -0.3 is 4.98 Å². The predicted octanol–water partition coefficient (Wildman–Crippen LogP) is 2.95. The Balaban J connectivity index is 0.000000180. The van der Waals surface area contributed by atoms with Crippen molar-refractivity contribution < 1.29 is 15.2 Å². The summed E-state index contributed by atoms with van der Waals surface area (Å²) in [4.78, 5) is 3.66. The monoisotopic (exact) mass is 380 g/mol. The molecular weight excluding hydrogens is 377 g/mol. The molecule has 0 aliphatic rings. The van der Waals surface area contributed by atoms with E-state index in [4.69, 9.17) is 27.6 Å². The van der Waals surface area contributed by atoms with Crippen LogP contribution in [0.3, 0.4) is 0 Å². The minimum absolute atomic E-state index is 1.69. The van der Waals surface area contributed by atoms with Crippen LogP contribution in [0.15, 0.2) is 24.4 Å². The SMILES string of the molecule is [Cl][Au]([Cl])[Cl].[c-]1ccccn1. The fourth-order valence-corrected chi connectivity index (χ4v) is 0.277. The smallest absolute Gasteiger partial charge is 0.0813 e. The van der Waals surface area contributed by atoms with Gasteiger partial charge in [0.15, 0.2) is 0 Å². The first kappa shape index (κ1) is 10.8. The Morgan fingerprint density at radius 2 is 1.80 bits per heavy atom. The molecule has 0 N–H and O–H groups in total. The zero-order valence-corrected chi connectivity index (χ0v) is 9.13. The quantitative estimate of drug-likeness (QED) is 0.497. The molecule has 0 unspecified atom stereocenters. The maximum atomic E-state index is 4.95. The standard InChI is InChI=1S/C5H4N.Au.3ClH/c1-2-4-6-5-3-1;;;;/h1-4H;;3*1H/q-1;+3;;;/p-3. The molecule has 0 aromatic carbocycles. The number of rotatable bonds is 0. The molecule has 62 valence electrons. The summed E-state index contributed by atoms with van der Waals surface area (Å²) in [6.45, 7) is 0. The summed E-state index contributed by atoms with van der Waals surface area (Å²) >= 11 is -1.79. The van der Waals surface area contributed by atoms with Crippen LogP contribution in [-0.4, -0.2) is 4.98 Å². The summed E-state index contributed by atoms with van der Waals surface area (Å²) in [6.07, 6.45) is 4.34. The molecule has 0 aliphatic heterocycles. The van der Waals surface area contributed by atoms with Crippen LogP contribution < -0.4 is 0 Å². The van der Waals surface area contributed by atoms with E-state index in [9.17, 15) is 0 Å². The summed E-state index contributed by atoms with van der Waals surface area (Å²) in [5, 5.41) is 0. The number of pyridine rings is 1. The van der Waals surface area contributed by atoms with Gasteiger partial charge in [-0.2, -0.15) is 18.2 Å². The van der Waals surface area contributed by atoms with Gasteiger partial charge >= 0.3 is 42.8 Å². The Kier molecular flexibility index (Phi) is 8.46. The maximum absolute atomic E-state index is 4.95. The maximum Gasteiger partial charge on any atom is -0.0813 e. The molecule has 5 heteroatoms.